The largest absolute Gasteiger partial charge is 0.418 e. The molecule has 182 valence electrons. The van der Waals surface area contributed by atoms with Crippen LogP contribution >= 0.6 is 0 Å². The van der Waals surface area contributed by atoms with Gasteiger partial charge in [0.15, 0.2) is 0 Å². The van der Waals surface area contributed by atoms with Crippen LogP contribution in [0, 0.1) is 0 Å². The first-order valence-corrected chi connectivity index (χ1v) is 10.9. The lowest BCUT2D eigenvalue weighted by Gasteiger charge is -2.35. The van der Waals surface area contributed by atoms with E-state index in [0.717, 1.165) is 11.6 Å². The van der Waals surface area contributed by atoms with Gasteiger partial charge >= 0.3 is 6.18 Å². The molecule has 0 aliphatic carbocycles. The molecular formula is C24H27F3N4O3. The van der Waals surface area contributed by atoms with Gasteiger partial charge < -0.3 is 15.5 Å². The van der Waals surface area contributed by atoms with Gasteiger partial charge in [-0.1, -0.05) is 42.5 Å². The first-order chi connectivity index (χ1) is 16.1. The monoisotopic (exact) mass is 476 g/mol. The quantitative estimate of drug-likeness (QED) is 0.644. The van der Waals surface area contributed by atoms with Gasteiger partial charge in [0, 0.05) is 33.1 Å². The van der Waals surface area contributed by atoms with Gasteiger partial charge in [-0.05, 0) is 17.7 Å². The molecule has 1 unspecified atom stereocenters. The molecule has 0 saturated carbocycles. The van der Waals surface area contributed by atoms with Crippen LogP contribution in [0.4, 0.5) is 18.9 Å². The predicted octanol–water partition coefficient (Wildman–Crippen LogP) is 3.06. The summed E-state index contributed by atoms with van der Waals surface area (Å²) in [6, 6.07) is 13.6. The van der Waals surface area contributed by atoms with Crippen molar-refractivity contribution in [2.75, 3.05) is 38.0 Å². The number of hydrogen-bond donors (Lipinski definition) is 2. The van der Waals surface area contributed by atoms with Gasteiger partial charge in [0.1, 0.15) is 0 Å². The maximum Gasteiger partial charge on any atom is 0.418 e. The molecule has 1 heterocycles. The number of anilines is 1. The van der Waals surface area contributed by atoms with Crippen LogP contribution < -0.4 is 10.6 Å². The van der Waals surface area contributed by atoms with Crippen molar-refractivity contribution in [2.24, 2.45) is 0 Å². The second-order valence-corrected chi connectivity index (χ2v) is 8.12. The van der Waals surface area contributed by atoms with Crippen LogP contribution in [0.5, 0.6) is 0 Å². The van der Waals surface area contributed by atoms with E-state index in [1.807, 2.05) is 30.3 Å². The molecule has 1 atom stereocenters. The van der Waals surface area contributed by atoms with E-state index in [0.29, 0.717) is 26.2 Å². The Morgan fingerprint density at radius 3 is 2.18 bits per heavy atom. The molecule has 1 saturated heterocycles. The number of para-hydroxylation sites is 1. The summed E-state index contributed by atoms with van der Waals surface area (Å²) in [6.07, 6.45) is -4.46. The Morgan fingerprint density at radius 1 is 0.941 bits per heavy atom. The van der Waals surface area contributed by atoms with Gasteiger partial charge in [-0.2, -0.15) is 13.2 Å². The summed E-state index contributed by atoms with van der Waals surface area (Å²) in [4.78, 5) is 40.2. The Bertz CT molecular complexity index is 1010. The molecule has 1 aliphatic rings. The van der Waals surface area contributed by atoms with E-state index >= 15 is 0 Å². The van der Waals surface area contributed by atoms with Gasteiger partial charge in [0.2, 0.25) is 17.7 Å². The van der Waals surface area contributed by atoms with Crippen LogP contribution in [0.15, 0.2) is 54.6 Å². The minimum Gasteiger partial charge on any atom is -0.349 e. The molecule has 2 aromatic rings. The molecule has 0 spiro atoms. The van der Waals surface area contributed by atoms with Crippen molar-refractivity contribution in [3.05, 3.63) is 65.7 Å². The van der Waals surface area contributed by atoms with Crippen molar-refractivity contribution >= 4 is 23.4 Å². The molecule has 1 fully saturated rings. The van der Waals surface area contributed by atoms with E-state index in [1.165, 1.54) is 25.1 Å². The maximum absolute atomic E-state index is 13.1. The maximum atomic E-state index is 13.1. The van der Waals surface area contributed by atoms with Crippen molar-refractivity contribution in [2.45, 2.75) is 25.6 Å². The summed E-state index contributed by atoms with van der Waals surface area (Å²) in [7, 11) is 0. The molecule has 3 rings (SSSR count). The van der Waals surface area contributed by atoms with E-state index in [9.17, 15) is 27.6 Å². The number of carbonyl (C=O) groups excluding carboxylic acids is 3. The zero-order valence-corrected chi connectivity index (χ0v) is 18.8. The number of amides is 3. The highest BCUT2D eigenvalue weighted by Crippen LogP contribution is 2.34. The third kappa shape index (κ3) is 7.05. The van der Waals surface area contributed by atoms with E-state index in [2.05, 4.69) is 10.6 Å². The van der Waals surface area contributed by atoms with Gasteiger partial charge in [-0.25, -0.2) is 0 Å². The summed E-state index contributed by atoms with van der Waals surface area (Å²) in [6.45, 7) is 2.91. The SMILES string of the molecule is CC(=O)NC(CC(=O)N1CCN(CC(=O)Nc2ccccc2C(F)(F)F)CC1)c1ccccc1. The van der Waals surface area contributed by atoms with Crippen molar-refractivity contribution in [1.82, 2.24) is 15.1 Å². The lowest BCUT2D eigenvalue weighted by atomic mass is 10.0. The van der Waals surface area contributed by atoms with Gasteiger partial charge in [-0.3, -0.25) is 19.3 Å². The molecule has 34 heavy (non-hydrogen) atoms. The molecule has 0 radical (unpaired) electrons. The Kier molecular flexibility index (Phi) is 8.27. The number of carbonyl (C=O) groups is 3. The van der Waals surface area contributed by atoms with Gasteiger partial charge in [0.05, 0.1) is 30.3 Å². The smallest absolute Gasteiger partial charge is 0.349 e. The fourth-order valence-corrected chi connectivity index (χ4v) is 3.87. The number of hydrogen-bond acceptors (Lipinski definition) is 4. The summed E-state index contributed by atoms with van der Waals surface area (Å²) in [5.41, 5.74) is -0.342. The zero-order valence-electron chi connectivity index (χ0n) is 18.8. The number of halogens is 3. The molecule has 0 aromatic heterocycles. The number of nitrogens with zero attached hydrogens (tertiary/aromatic N) is 2. The molecule has 2 aromatic carbocycles. The molecule has 3 amide bonds. The Morgan fingerprint density at radius 2 is 1.56 bits per heavy atom. The van der Waals surface area contributed by atoms with E-state index in [-0.39, 0.29) is 30.5 Å². The average Bonchev–Trinajstić information content (AvgIpc) is 2.79. The minimum absolute atomic E-state index is 0.0766. The highest BCUT2D eigenvalue weighted by molar-refractivity contribution is 5.93. The molecule has 1 aliphatic heterocycles. The lowest BCUT2D eigenvalue weighted by Crippen LogP contribution is -2.51. The number of piperazine rings is 1. The van der Waals surface area contributed by atoms with Gasteiger partial charge in [0.25, 0.3) is 0 Å². The number of nitrogens with one attached hydrogen (secondary N) is 2. The summed E-state index contributed by atoms with van der Waals surface area (Å²) >= 11 is 0. The number of alkyl halides is 3. The summed E-state index contributed by atoms with van der Waals surface area (Å²) < 4.78 is 39.4. The lowest BCUT2D eigenvalue weighted by molar-refractivity contribution is -0.137. The van der Waals surface area contributed by atoms with Crippen LogP contribution in [-0.2, 0) is 20.6 Å². The van der Waals surface area contributed by atoms with Gasteiger partial charge in [-0.15, -0.1) is 0 Å². The molecule has 10 heteroatoms. The van der Waals surface area contributed by atoms with Crippen LogP contribution in [0.1, 0.15) is 30.5 Å². The Balaban J connectivity index is 1.51. The molecule has 2 N–H and O–H groups in total. The van der Waals surface area contributed by atoms with Crippen LogP contribution in [0.2, 0.25) is 0 Å². The summed E-state index contributed by atoms with van der Waals surface area (Å²) in [5, 5.41) is 5.15. The van der Waals surface area contributed by atoms with Crippen LogP contribution in [0.3, 0.4) is 0 Å². The predicted molar refractivity (Wildman–Crippen MR) is 121 cm³/mol. The highest BCUT2D eigenvalue weighted by atomic mass is 19.4. The second kappa shape index (κ2) is 11.1. The van der Waals surface area contributed by atoms with E-state index in [1.54, 1.807) is 9.80 Å². The Hall–Kier alpha value is -3.40. The Labute approximate surface area is 195 Å². The van der Waals surface area contributed by atoms with E-state index in [4.69, 9.17) is 0 Å². The van der Waals surface area contributed by atoms with E-state index < -0.39 is 23.7 Å². The van der Waals surface area contributed by atoms with Crippen molar-refractivity contribution in [1.29, 1.82) is 0 Å². The van der Waals surface area contributed by atoms with Crippen molar-refractivity contribution in [3.8, 4) is 0 Å². The summed E-state index contributed by atoms with van der Waals surface area (Å²) in [5.74, 6) is -0.901. The topological polar surface area (TPSA) is 81.8 Å². The fraction of sp³-hybridized carbons (Fsp3) is 0.375. The third-order valence-corrected chi connectivity index (χ3v) is 5.56. The first kappa shape index (κ1) is 25.2. The fourth-order valence-electron chi connectivity index (χ4n) is 3.87. The minimum atomic E-state index is -4.56. The number of benzene rings is 2. The van der Waals surface area contributed by atoms with Crippen molar-refractivity contribution in [3.63, 3.8) is 0 Å². The average molecular weight is 476 g/mol. The van der Waals surface area contributed by atoms with Crippen molar-refractivity contribution < 1.29 is 27.6 Å². The molecular weight excluding hydrogens is 449 g/mol. The first-order valence-electron chi connectivity index (χ1n) is 10.9. The number of rotatable bonds is 7. The standard InChI is InChI=1S/C24H27F3N4O3/c1-17(32)28-21(18-7-3-2-4-8-18)15-23(34)31-13-11-30(12-14-31)16-22(33)29-20-10-6-5-9-19(20)24(25,26)27/h2-10,21H,11-16H2,1H3,(H,28,32)(H,29,33). The zero-order chi connectivity index (χ0) is 24.7. The molecule has 7 nitrogen and oxygen atoms in total. The van der Waals surface area contributed by atoms with Crippen LogP contribution in [-0.4, -0.2) is 60.2 Å². The third-order valence-electron chi connectivity index (χ3n) is 5.56. The second-order valence-electron chi connectivity index (χ2n) is 8.12. The van der Waals surface area contributed by atoms with Crippen LogP contribution in [0.25, 0.3) is 0 Å². The molecule has 0 bridgehead atoms. The highest BCUT2D eigenvalue weighted by Gasteiger charge is 2.33. The normalized spacial score (nSPS) is 15.5.